The highest BCUT2D eigenvalue weighted by Gasteiger charge is 2.14. The van der Waals surface area contributed by atoms with Crippen LogP contribution in [0.3, 0.4) is 0 Å². The molecule has 2 aromatic rings. The molecule has 0 amide bonds. The Labute approximate surface area is 104 Å². The van der Waals surface area contributed by atoms with Gasteiger partial charge < -0.3 is 4.98 Å². The molecule has 0 aliphatic carbocycles. The zero-order chi connectivity index (χ0) is 12.6. The smallest absolute Gasteiger partial charge is 0.273 e. The molecule has 0 saturated heterocycles. The van der Waals surface area contributed by atoms with Crippen molar-refractivity contribution in [1.82, 2.24) is 9.97 Å². The fourth-order valence-corrected chi connectivity index (χ4v) is 1.99. The molecule has 1 aromatic heterocycles. The highest BCUT2D eigenvalue weighted by Crippen LogP contribution is 2.20. The SMILES string of the molecule is CC(F)c1nc2ccc(CBr)c(F)c2[nH]c1=O. The number of H-pyrrole nitrogens is 1. The van der Waals surface area contributed by atoms with E-state index >= 15 is 0 Å². The first kappa shape index (κ1) is 12.2. The second-order valence-electron chi connectivity index (χ2n) is 3.63. The van der Waals surface area contributed by atoms with Gasteiger partial charge in [0.15, 0.2) is 5.82 Å². The molecule has 0 spiro atoms. The van der Waals surface area contributed by atoms with E-state index in [4.69, 9.17) is 0 Å². The molecule has 0 radical (unpaired) electrons. The summed E-state index contributed by atoms with van der Waals surface area (Å²) in [5, 5.41) is 0.331. The maximum atomic E-state index is 13.8. The van der Waals surface area contributed by atoms with Crippen molar-refractivity contribution in [1.29, 1.82) is 0 Å². The van der Waals surface area contributed by atoms with Crippen molar-refractivity contribution < 1.29 is 8.78 Å². The van der Waals surface area contributed by atoms with E-state index in [1.54, 1.807) is 12.1 Å². The van der Waals surface area contributed by atoms with E-state index in [9.17, 15) is 13.6 Å². The van der Waals surface area contributed by atoms with Gasteiger partial charge in [-0.2, -0.15) is 0 Å². The van der Waals surface area contributed by atoms with Gasteiger partial charge in [0.25, 0.3) is 5.56 Å². The van der Waals surface area contributed by atoms with E-state index < -0.39 is 17.5 Å². The lowest BCUT2D eigenvalue weighted by molar-refractivity contribution is 0.363. The quantitative estimate of drug-likeness (QED) is 0.867. The average Bonchev–Trinajstić information content (AvgIpc) is 2.29. The molecule has 2 rings (SSSR count). The summed E-state index contributed by atoms with van der Waals surface area (Å²) in [5.74, 6) is -0.540. The maximum absolute atomic E-state index is 13.8. The van der Waals surface area contributed by atoms with Crippen LogP contribution in [-0.4, -0.2) is 9.97 Å². The number of halogens is 3. The third-order valence-electron chi connectivity index (χ3n) is 2.43. The van der Waals surface area contributed by atoms with Crippen molar-refractivity contribution in [3.05, 3.63) is 39.6 Å². The van der Waals surface area contributed by atoms with Crippen LogP contribution >= 0.6 is 15.9 Å². The molecule has 6 heteroatoms. The molecule has 0 aliphatic rings. The number of fused-ring (bicyclic) bond motifs is 1. The van der Waals surface area contributed by atoms with E-state index in [2.05, 4.69) is 25.9 Å². The Bertz CT molecular complexity index is 625. The van der Waals surface area contributed by atoms with Gasteiger partial charge in [0, 0.05) is 10.9 Å². The normalized spacial score (nSPS) is 12.9. The second-order valence-corrected chi connectivity index (χ2v) is 4.19. The van der Waals surface area contributed by atoms with Gasteiger partial charge in [-0.3, -0.25) is 4.79 Å². The Kier molecular flexibility index (Phi) is 3.24. The molecule has 0 bridgehead atoms. The van der Waals surface area contributed by atoms with Crippen LogP contribution < -0.4 is 5.56 Å². The molecule has 1 heterocycles. The first-order chi connectivity index (χ1) is 8.04. The summed E-state index contributed by atoms with van der Waals surface area (Å²) in [5.41, 5.74) is -0.264. The van der Waals surface area contributed by atoms with E-state index in [1.165, 1.54) is 6.92 Å². The molecule has 0 saturated carbocycles. The van der Waals surface area contributed by atoms with Crippen LogP contribution in [0.4, 0.5) is 8.78 Å². The van der Waals surface area contributed by atoms with Gasteiger partial charge in [0.2, 0.25) is 0 Å². The van der Waals surface area contributed by atoms with Gasteiger partial charge >= 0.3 is 0 Å². The van der Waals surface area contributed by atoms with Crippen LogP contribution in [0.25, 0.3) is 11.0 Å². The van der Waals surface area contributed by atoms with Gasteiger partial charge in [-0.25, -0.2) is 13.8 Å². The second kappa shape index (κ2) is 4.52. The lowest BCUT2D eigenvalue weighted by atomic mass is 10.2. The molecule has 17 heavy (non-hydrogen) atoms. The van der Waals surface area contributed by atoms with Crippen LogP contribution in [0.2, 0.25) is 0 Å². The molecule has 90 valence electrons. The Hall–Kier alpha value is -1.30. The van der Waals surface area contributed by atoms with Gasteiger partial charge in [-0.05, 0) is 13.0 Å². The summed E-state index contributed by atoms with van der Waals surface area (Å²) in [6, 6.07) is 3.10. The number of nitrogens with one attached hydrogen (secondary N) is 1. The first-order valence-corrected chi connectivity index (χ1v) is 6.08. The van der Waals surface area contributed by atoms with Crippen molar-refractivity contribution in [2.24, 2.45) is 0 Å². The van der Waals surface area contributed by atoms with Gasteiger partial charge in [-0.15, -0.1) is 0 Å². The third-order valence-corrected chi connectivity index (χ3v) is 3.04. The van der Waals surface area contributed by atoms with Crippen molar-refractivity contribution in [2.75, 3.05) is 0 Å². The average molecular weight is 303 g/mol. The molecular weight excluding hydrogens is 294 g/mol. The van der Waals surface area contributed by atoms with Gasteiger partial charge in [-0.1, -0.05) is 22.0 Å². The van der Waals surface area contributed by atoms with E-state index in [-0.39, 0.29) is 16.7 Å². The maximum Gasteiger partial charge on any atom is 0.273 e. The van der Waals surface area contributed by atoms with E-state index in [1.807, 2.05) is 0 Å². The summed E-state index contributed by atoms with van der Waals surface area (Å²) < 4.78 is 26.9. The summed E-state index contributed by atoms with van der Waals surface area (Å²) in [6.45, 7) is 1.21. The zero-order valence-corrected chi connectivity index (χ0v) is 10.5. The zero-order valence-electron chi connectivity index (χ0n) is 8.93. The predicted molar refractivity (Wildman–Crippen MR) is 64.5 cm³/mol. The highest BCUT2D eigenvalue weighted by molar-refractivity contribution is 9.08. The summed E-state index contributed by atoms with van der Waals surface area (Å²) in [7, 11) is 0. The van der Waals surface area contributed by atoms with Crippen LogP contribution in [0.15, 0.2) is 16.9 Å². The lowest BCUT2D eigenvalue weighted by Gasteiger charge is -2.06. The van der Waals surface area contributed by atoms with Gasteiger partial charge in [0.1, 0.15) is 17.4 Å². The van der Waals surface area contributed by atoms with Crippen LogP contribution in [0, 0.1) is 5.82 Å². The van der Waals surface area contributed by atoms with Crippen LogP contribution in [0.5, 0.6) is 0 Å². The molecule has 1 unspecified atom stereocenters. The topological polar surface area (TPSA) is 45.8 Å². The predicted octanol–water partition coefficient (Wildman–Crippen LogP) is 2.99. The first-order valence-electron chi connectivity index (χ1n) is 4.96. The highest BCUT2D eigenvalue weighted by atomic mass is 79.9. The summed E-state index contributed by atoms with van der Waals surface area (Å²) in [6.07, 6.45) is -1.48. The monoisotopic (exact) mass is 302 g/mol. The summed E-state index contributed by atoms with van der Waals surface area (Å²) in [4.78, 5) is 17.7. The molecule has 0 aliphatic heterocycles. The number of aromatic nitrogens is 2. The molecule has 1 atom stereocenters. The minimum atomic E-state index is -1.48. The van der Waals surface area contributed by atoms with E-state index in [0.717, 1.165) is 0 Å². The number of aromatic amines is 1. The minimum absolute atomic E-state index is 0.0105. The molecular formula is C11H9BrF2N2O. The largest absolute Gasteiger partial charge is 0.317 e. The number of hydrogen-bond acceptors (Lipinski definition) is 2. The number of rotatable bonds is 2. The fourth-order valence-electron chi connectivity index (χ4n) is 1.55. The number of nitrogens with zero attached hydrogens (tertiary/aromatic N) is 1. The third kappa shape index (κ3) is 2.09. The number of hydrogen-bond donors (Lipinski definition) is 1. The van der Waals surface area contributed by atoms with Crippen molar-refractivity contribution in [3.8, 4) is 0 Å². The Morgan fingerprint density at radius 2 is 2.24 bits per heavy atom. The molecule has 1 N–H and O–H groups in total. The van der Waals surface area contributed by atoms with Crippen molar-refractivity contribution in [3.63, 3.8) is 0 Å². The van der Waals surface area contributed by atoms with Crippen LogP contribution in [0.1, 0.15) is 24.4 Å². The Morgan fingerprint density at radius 3 is 2.82 bits per heavy atom. The molecule has 1 aromatic carbocycles. The number of alkyl halides is 2. The van der Waals surface area contributed by atoms with E-state index in [0.29, 0.717) is 10.9 Å². The van der Waals surface area contributed by atoms with Crippen molar-refractivity contribution in [2.45, 2.75) is 18.4 Å². The molecule has 0 fully saturated rings. The van der Waals surface area contributed by atoms with Gasteiger partial charge in [0.05, 0.1) is 5.52 Å². The summed E-state index contributed by atoms with van der Waals surface area (Å²) >= 11 is 3.14. The van der Waals surface area contributed by atoms with Crippen LogP contribution in [-0.2, 0) is 5.33 Å². The Morgan fingerprint density at radius 1 is 1.53 bits per heavy atom. The molecule has 3 nitrogen and oxygen atoms in total. The fraction of sp³-hybridized carbons (Fsp3) is 0.273. The standard InChI is InChI=1S/C11H9BrF2N2O/c1-5(13)9-11(17)16-10-7(15-9)3-2-6(4-12)8(10)14/h2-3,5H,4H2,1H3,(H,16,17). The Balaban J connectivity index is 2.79. The lowest BCUT2D eigenvalue weighted by Crippen LogP contribution is -2.16. The number of benzene rings is 1. The minimum Gasteiger partial charge on any atom is -0.317 e. The van der Waals surface area contributed by atoms with Crippen molar-refractivity contribution >= 4 is 27.0 Å².